The minimum Gasteiger partial charge on any atom is -0.454 e. The van der Waals surface area contributed by atoms with E-state index < -0.39 is 11.9 Å². The zero-order valence-electron chi connectivity index (χ0n) is 13.5. The van der Waals surface area contributed by atoms with Crippen molar-refractivity contribution >= 4 is 23.5 Å². The Hall–Kier alpha value is -2.73. The Morgan fingerprint density at radius 3 is 2.64 bits per heavy atom. The van der Waals surface area contributed by atoms with Crippen molar-refractivity contribution < 1.29 is 23.8 Å². The topological polar surface area (TPSA) is 73.9 Å². The highest BCUT2D eigenvalue weighted by Gasteiger charge is 2.18. The van der Waals surface area contributed by atoms with Gasteiger partial charge in [0.1, 0.15) is 0 Å². The summed E-state index contributed by atoms with van der Waals surface area (Å²) in [4.78, 5) is 24.0. The lowest BCUT2D eigenvalue weighted by molar-refractivity contribution is -0.124. The van der Waals surface area contributed by atoms with E-state index in [1.165, 1.54) is 6.07 Å². The molecule has 0 radical (unpaired) electrons. The van der Waals surface area contributed by atoms with Gasteiger partial charge in [0.2, 0.25) is 6.79 Å². The van der Waals surface area contributed by atoms with Crippen LogP contribution in [0.25, 0.3) is 0 Å². The molecule has 1 atom stereocenters. The number of nitrogens with one attached hydrogen (secondary N) is 1. The van der Waals surface area contributed by atoms with E-state index in [4.69, 9.17) is 25.8 Å². The van der Waals surface area contributed by atoms with Crippen molar-refractivity contribution in [2.24, 2.45) is 0 Å². The van der Waals surface area contributed by atoms with Gasteiger partial charge in [0.15, 0.2) is 18.1 Å². The first kappa shape index (κ1) is 17.1. The van der Waals surface area contributed by atoms with Crippen molar-refractivity contribution in [3.05, 3.63) is 58.6 Å². The number of carbonyl (C=O) groups is 2. The molecular weight excluding hydrogens is 346 g/mol. The van der Waals surface area contributed by atoms with Gasteiger partial charge in [0.25, 0.3) is 5.91 Å². The summed E-state index contributed by atoms with van der Waals surface area (Å²) in [7, 11) is 0. The second kappa shape index (κ2) is 7.44. The Balaban J connectivity index is 1.51. The Labute approximate surface area is 149 Å². The Kier molecular flexibility index (Phi) is 5.09. The largest absolute Gasteiger partial charge is 0.454 e. The average Bonchev–Trinajstić information content (AvgIpc) is 3.07. The van der Waals surface area contributed by atoms with Gasteiger partial charge in [-0.25, -0.2) is 4.79 Å². The lowest BCUT2D eigenvalue weighted by atomic mass is 10.1. The normalized spacial score (nSPS) is 13.2. The molecule has 25 heavy (non-hydrogen) atoms. The summed E-state index contributed by atoms with van der Waals surface area (Å²) in [5.74, 6) is 0.0606. The Morgan fingerprint density at radius 1 is 1.16 bits per heavy atom. The van der Waals surface area contributed by atoms with Crippen molar-refractivity contribution in [2.75, 3.05) is 13.4 Å². The summed E-state index contributed by atoms with van der Waals surface area (Å²) in [6.45, 7) is 1.59. The Morgan fingerprint density at radius 2 is 1.88 bits per heavy atom. The Bertz CT molecular complexity index is 791. The molecule has 0 unspecified atom stereocenters. The van der Waals surface area contributed by atoms with Gasteiger partial charge in [-0.3, -0.25) is 4.79 Å². The molecular formula is C18H16ClNO5. The van der Waals surface area contributed by atoms with E-state index in [1.54, 1.807) is 24.3 Å². The van der Waals surface area contributed by atoms with Crippen LogP contribution in [0.15, 0.2) is 42.5 Å². The number of ether oxygens (including phenoxy) is 3. The zero-order chi connectivity index (χ0) is 17.8. The fourth-order valence-electron chi connectivity index (χ4n) is 2.36. The summed E-state index contributed by atoms with van der Waals surface area (Å²) < 4.78 is 15.4. The number of fused-ring (bicyclic) bond motifs is 1. The second-order valence-electron chi connectivity index (χ2n) is 5.48. The first-order valence-corrected chi connectivity index (χ1v) is 8.02. The maximum Gasteiger partial charge on any atom is 0.338 e. The number of esters is 1. The molecule has 0 aliphatic carbocycles. The van der Waals surface area contributed by atoms with E-state index in [0.717, 1.165) is 5.56 Å². The molecule has 1 amide bonds. The molecule has 7 heteroatoms. The van der Waals surface area contributed by atoms with Crippen LogP contribution in [0.4, 0.5) is 0 Å². The van der Waals surface area contributed by atoms with E-state index in [2.05, 4.69) is 5.32 Å². The van der Waals surface area contributed by atoms with Gasteiger partial charge in [-0.2, -0.15) is 0 Å². The van der Waals surface area contributed by atoms with Gasteiger partial charge in [0, 0.05) is 5.02 Å². The highest BCUT2D eigenvalue weighted by molar-refractivity contribution is 6.30. The lowest BCUT2D eigenvalue weighted by Gasteiger charge is -2.14. The smallest absolute Gasteiger partial charge is 0.338 e. The van der Waals surface area contributed by atoms with Crippen molar-refractivity contribution in [2.45, 2.75) is 13.0 Å². The number of hydrogen-bond acceptors (Lipinski definition) is 5. The molecule has 2 aromatic rings. The third-order valence-corrected chi connectivity index (χ3v) is 3.94. The molecule has 1 aliphatic heterocycles. The van der Waals surface area contributed by atoms with Gasteiger partial charge in [-0.15, -0.1) is 0 Å². The molecule has 0 fully saturated rings. The van der Waals surface area contributed by atoms with Crippen LogP contribution in [-0.4, -0.2) is 25.3 Å². The van der Waals surface area contributed by atoms with Crippen LogP contribution in [0.2, 0.25) is 5.02 Å². The predicted octanol–water partition coefficient (Wildman–Crippen LogP) is 3.10. The SMILES string of the molecule is C[C@@H](NC(=O)COC(=O)c1ccc2c(c1)OCO2)c1ccc(Cl)cc1. The van der Waals surface area contributed by atoms with Crippen LogP contribution in [0, 0.1) is 0 Å². The first-order chi connectivity index (χ1) is 12.0. The molecule has 2 aromatic carbocycles. The molecule has 130 valence electrons. The van der Waals surface area contributed by atoms with Crippen molar-refractivity contribution in [1.82, 2.24) is 5.32 Å². The molecule has 0 spiro atoms. The molecule has 3 rings (SSSR count). The van der Waals surface area contributed by atoms with Crippen LogP contribution in [0.5, 0.6) is 11.5 Å². The van der Waals surface area contributed by atoms with Crippen LogP contribution >= 0.6 is 11.6 Å². The van der Waals surface area contributed by atoms with Gasteiger partial charge in [-0.1, -0.05) is 23.7 Å². The van der Waals surface area contributed by atoms with Gasteiger partial charge >= 0.3 is 5.97 Å². The number of hydrogen-bond donors (Lipinski definition) is 1. The fourth-order valence-corrected chi connectivity index (χ4v) is 2.48. The van der Waals surface area contributed by atoms with Gasteiger partial charge < -0.3 is 19.5 Å². The lowest BCUT2D eigenvalue weighted by Crippen LogP contribution is -2.31. The number of halogens is 1. The molecule has 1 aliphatic rings. The minimum atomic E-state index is -0.604. The summed E-state index contributed by atoms with van der Waals surface area (Å²) in [5, 5.41) is 3.39. The maximum absolute atomic E-state index is 12.0. The minimum absolute atomic E-state index is 0.124. The number of amides is 1. The van der Waals surface area contributed by atoms with Crippen LogP contribution in [-0.2, 0) is 9.53 Å². The third-order valence-electron chi connectivity index (χ3n) is 3.69. The molecule has 1 N–H and O–H groups in total. The molecule has 0 saturated carbocycles. The van der Waals surface area contributed by atoms with E-state index in [1.807, 2.05) is 19.1 Å². The van der Waals surface area contributed by atoms with Crippen LogP contribution < -0.4 is 14.8 Å². The number of rotatable bonds is 5. The van der Waals surface area contributed by atoms with E-state index in [-0.39, 0.29) is 19.4 Å². The van der Waals surface area contributed by atoms with Crippen molar-refractivity contribution in [1.29, 1.82) is 0 Å². The number of benzene rings is 2. The molecule has 0 saturated heterocycles. The number of carbonyl (C=O) groups excluding carboxylic acids is 2. The molecule has 6 nitrogen and oxygen atoms in total. The summed E-state index contributed by atoms with van der Waals surface area (Å²) in [6, 6.07) is 11.6. The molecule has 0 bridgehead atoms. The van der Waals surface area contributed by atoms with E-state index in [0.29, 0.717) is 22.1 Å². The quantitative estimate of drug-likeness (QED) is 0.828. The summed E-state index contributed by atoms with van der Waals surface area (Å²) in [6.07, 6.45) is 0. The standard InChI is InChI=1S/C18H16ClNO5/c1-11(12-2-5-14(19)6-3-12)20-17(21)9-23-18(22)13-4-7-15-16(8-13)25-10-24-15/h2-8,11H,9-10H2,1H3,(H,20,21)/t11-/m1/s1. The highest BCUT2D eigenvalue weighted by atomic mass is 35.5. The van der Waals surface area contributed by atoms with Gasteiger partial charge in [0.05, 0.1) is 11.6 Å². The monoisotopic (exact) mass is 361 g/mol. The zero-order valence-corrected chi connectivity index (χ0v) is 14.2. The van der Waals surface area contributed by atoms with Gasteiger partial charge in [-0.05, 0) is 42.8 Å². The average molecular weight is 362 g/mol. The molecule has 1 heterocycles. The highest BCUT2D eigenvalue weighted by Crippen LogP contribution is 2.32. The predicted molar refractivity (Wildman–Crippen MR) is 90.9 cm³/mol. The maximum atomic E-state index is 12.0. The molecule has 0 aromatic heterocycles. The van der Waals surface area contributed by atoms with E-state index >= 15 is 0 Å². The summed E-state index contributed by atoms with van der Waals surface area (Å²) >= 11 is 5.84. The van der Waals surface area contributed by atoms with Crippen molar-refractivity contribution in [3.8, 4) is 11.5 Å². The first-order valence-electron chi connectivity index (χ1n) is 7.64. The van der Waals surface area contributed by atoms with Crippen molar-refractivity contribution in [3.63, 3.8) is 0 Å². The van der Waals surface area contributed by atoms with E-state index in [9.17, 15) is 9.59 Å². The van der Waals surface area contributed by atoms with Crippen LogP contribution in [0.1, 0.15) is 28.9 Å². The van der Waals surface area contributed by atoms with Crippen LogP contribution in [0.3, 0.4) is 0 Å². The fraction of sp³-hybridized carbons (Fsp3) is 0.222. The third kappa shape index (κ3) is 4.22. The summed E-state index contributed by atoms with van der Waals surface area (Å²) in [5.41, 5.74) is 1.20. The second-order valence-corrected chi connectivity index (χ2v) is 5.92.